The molecular formula is C13H14BrN3O3. The molecule has 0 unspecified atom stereocenters. The predicted octanol–water partition coefficient (Wildman–Crippen LogP) is 2.45. The number of carbonyl (C=O) groups is 1. The Hall–Kier alpha value is -2.02. The summed E-state index contributed by atoms with van der Waals surface area (Å²) in [7, 11) is 4.82. The summed E-state index contributed by atoms with van der Waals surface area (Å²) in [4.78, 5) is 12.3. The number of amides is 1. The number of anilines is 1. The van der Waals surface area contributed by atoms with Crippen LogP contribution in [-0.4, -0.2) is 29.9 Å². The number of halogens is 1. The summed E-state index contributed by atoms with van der Waals surface area (Å²) < 4.78 is 12.7. The summed E-state index contributed by atoms with van der Waals surface area (Å²) in [6, 6.07) is 5.05. The third-order valence-corrected chi connectivity index (χ3v) is 3.25. The van der Waals surface area contributed by atoms with Crippen LogP contribution in [0.1, 0.15) is 10.4 Å². The monoisotopic (exact) mass is 339 g/mol. The molecule has 2 aromatic rings. The molecule has 2 rings (SSSR count). The molecule has 1 aromatic carbocycles. The fourth-order valence-corrected chi connectivity index (χ4v) is 2.33. The second kappa shape index (κ2) is 5.96. The molecule has 0 bridgehead atoms. The summed E-state index contributed by atoms with van der Waals surface area (Å²) in [6.07, 6.45) is 1.74. The van der Waals surface area contributed by atoms with Crippen molar-refractivity contribution in [1.29, 1.82) is 0 Å². The molecule has 0 atom stereocenters. The van der Waals surface area contributed by atoms with Crippen LogP contribution in [0.25, 0.3) is 0 Å². The number of rotatable bonds is 4. The van der Waals surface area contributed by atoms with Crippen LogP contribution in [0.3, 0.4) is 0 Å². The molecular weight excluding hydrogens is 326 g/mol. The lowest BCUT2D eigenvalue weighted by Crippen LogP contribution is -2.14. The summed E-state index contributed by atoms with van der Waals surface area (Å²) in [5.74, 6) is 1.15. The number of methoxy groups -OCH3 is 2. The molecule has 1 aromatic heterocycles. The van der Waals surface area contributed by atoms with Gasteiger partial charge in [0.25, 0.3) is 5.91 Å². The standard InChI is InChI=1S/C13H14BrN3O3/c1-17-5-4-11(16-17)15-13(18)9-6-8(19-2)7-10(14)12(9)20-3/h4-7H,1-3H3,(H,15,16,18). The Bertz CT molecular complexity index is 640. The summed E-state index contributed by atoms with van der Waals surface area (Å²) in [6.45, 7) is 0. The van der Waals surface area contributed by atoms with Crippen LogP contribution in [0.15, 0.2) is 28.9 Å². The van der Waals surface area contributed by atoms with Crippen molar-refractivity contribution in [2.45, 2.75) is 0 Å². The van der Waals surface area contributed by atoms with Gasteiger partial charge in [-0.25, -0.2) is 0 Å². The van der Waals surface area contributed by atoms with Gasteiger partial charge >= 0.3 is 0 Å². The van der Waals surface area contributed by atoms with Crippen LogP contribution in [0, 0.1) is 0 Å². The van der Waals surface area contributed by atoms with Crippen molar-refractivity contribution < 1.29 is 14.3 Å². The molecule has 106 valence electrons. The molecule has 0 spiro atoms. The second-order valence-corrected chi connectivity index (χ2v) is 4.87. The average Bonchev–Trinajstić information content (AvgIpc) is 2.83. The number of hydrogen-bond donors (Lipinski definition) is 1. The lowest BCUT2D eigenvalue weighted by Gasteiger charge is -2.12. The molecule has 0 radical (unpaired) electrons. The van der Waals surface area contributed by atoms with Crippen LogP contribution >= 0.6 is 15.9 Å². The topological polar surface area (TPSA) is 65.4 Å². The van der Waals surface area contributed by atoms with E-state index in [-0.39, 0.29) is 5.91 Å². The van der Waals surface area contributed by atoms with Crippen molar-refractivity contribution in [1.82, 2.24) is 9.78 Å². The predicted molar refractivity (Wildman–Crippen MR) is 78.4 cm³/mol. The van der Waals surface area contributed by atoms with Gasteiger partial charge in [0.15, 0.2) is 5.82 Å². The maximum absolute atomic E-state index is 12.3. The van der Waals surface area contributed by atoms with E-state index in [1.807, 2.05) is 0 Å². The van der Waals surface area contributed by atoms with Crippen molar-refractivity contribution in [3.05, 3.63) is 34.4 Å². The Morgan fingerprint density at radius 1 is 1.35 bits per heavy atom. The van der Waals surface area contributed by atoms with E-state index in [2.05, 4.69) is 26.3 Å². The highest BCUT2D eigenvalue weighted by atomic mass is 79.9. The van der Waals surface area contributed by atoms with E-state index in [0.717, 1.165) is 0 Å². The number of hydrogen-bond acceptors (Lipinski definition) is 4. The van der Waals surface area contributed by atoms with Gasteiger partial charge in [-0.2, -0.15) is 5.10 Å². The Kier molecular flexibility index (Phi) is 4.29. The maximum Gasteiger partial charge on any atom is 0.260 e. The van der Waals surface area contributed by atoms with Crippen LogP contribution in [-0.2, 0) is 7.05 Å². The fraction of sp³-hybridized carbons (Fsp3) is 0.231. The van der Waals surface area contributed by atoms with E-state index < -0.39 is 0 Å². The molecule has 0 saturated heterocycles. The van der Waals surface area contributed by atoms with Gasteiger partial charge in [0.1, 0.15) is 11.5 Å². The van der Waals surface area contributed by atoms with Gasteiger partial charge < -0.3 is 14.8 Å². The molecule has 0 fully saturated rings. The van der Waals surface area contributed by atoms with Gasteiger partial charge in [0, 0.05) is 19.3 Å². The lowest BCUT2D eigenvalue weighted by atomic mass is 10.1. The van der Waals surface area contributed by atoms with Crippen molar-refractivity contribution in [3.8, 4) is 11.5 Å². The van der Waals surface area contributed by atoms with Gasteiger partial charge in [-0.3, -0.25) is 9.48 Å². The van der Waals surface area contributed by atoms with Crippen LogP contribution in [0.4, 0.5) is 5.82 Å². The van der Waals surface area contributed by atoms with Crippen LogP contribution in [0.5, 0.6) is 11.5 Å². The number of carbonyl (C=O) groups excluding carboxylic acids is 1. The zero-order chi connectivity index (χ0) is 14.7. The largest absolute Gasteiger partial charge is 0.497 e. The number of benzene rings is 1. The summed E-state index contributed by atoms with van der Waals surface area (Å²) in [5.41, 5.74) is 0.365. The highest BCUT2D eigenvalue weighted by Crippen LogP contribution is 2.33. The first-order valence-corrected chi connectivity index (χ1v) is 6.57. The van der Waals surface area contributed by atoms with Crippen molar-refractivity contribution in [3.63, 3.8) is 0 Å². The van der Waals surface area contributed by atoms with Crippen molar-refractivity contribution >= 4 is 27.7 Å². The van der Waals surface area contributed by atoms with Gasteiger partial charge in [-0.1, -0.05) is 0 Å². The van der Waals surface area contributed by atoms with Gasteiger partial charge in [0.05, 0.1) is 24.3 Å². The van der Waals surface area contributed by atoms with Gasteiger partial charge in [-0.15, -0.1) is 0 Å². The third-order valence-electron chi connectivity index (χ3n) is 2.66. The van der Waals surface area contributed by atoms with E-state index in [9.17, 15) is 4.79 Å². The highest BCUT2D eigenvalue weighted by Gasteiger charge is 2.18. The van der Waals surface area contributed by atoms with E-state index in [0.29, 0.717) is 27.4 Å². The Morgan fingerprint density at radius 2 is 2.10 bits per heavy atom. The lowest BCUT2D eigenvalue weighted by molar-refractivity contribution is 0.102. The van der Waals surface area contributed by atoms with Crippen molar-refractivity contribution in [2.75, 3.05) is 19.5 Å². The first kappa shape index (κ1) is 14.4. The van der Waals surface area contributed by atoms with E-state index in [1.165, 1.54) is 14.2 Å². The van der Waals surface area contributed by atoms with Gasteiger partial charge in [-0.05, 0) is 28.1 Å². The minimum Gasteiger partial charge on any atom is -0.497 e. The first-order chi connectivity index (χ1) is 9.55. The number of nitrogens with one attached hydrogen (secondary N) is 1. The fourth-order valence-electron chi connectivity index (χ4n) is 1.73. The number of aryl methyl sites for hydroxylation is 1. The summed E-state index contributed by atoms with van der Waals surface area (Å²) >= 11 is 3.35. The minimum atomic E-state index is -0.319. The quantitative estimate of drug-likeness (QED) is 0.929. The molecule has 7 heteroatoms. The third kappa shape index (κ3) is 2.93. The highest BCUT2D eigenvalue weighted by molar-refractivity contribution is 9.10. The zero-order valence-corrected chi connectivity index (χ0v) is 12.9. The molecule has 0 aliphatic carbocycles. The number of aromatic nitrogens is 2. The van der Waals surface area contributed by atoms with Crippen molar-refractivity contribution in [2.24, 2.45) is 7.05 Å². The smallest absolute Gasteiger partial charge is 0.260 e. The first-order valence-electron chi connectivity index (χ1n) is 5.77. The maximum atomic E-state index is 12.3. The molecule has 1 N–H and O–H groups in total. The molecule has 1 heterocycles. The minimum absolute atomic E-state index is 0.319. The van der Waals surface area contributed by atoms with Crippen LogP contribution in [0.2, 0.25) is 0 Å². The molecule has 1 amide bonds. The Morgan fingerprint density at radius 3 is 2.65 bits per heavy atom. The molecule has 0 saturated carbocycles. The molecule has 0 aliphatic heterocycles. The van der Waals surface area contributed by atoms with E-state index >= 15 is 0 Å². The SMILES string of the molecule is COc1cc(Br)c(OC)c(C(=O)Nc2ccn(C)n2)c1. The molecule has 0 aliphatic rings. The summed E-state index contributed by atoms with van der Waals surface area (Å²) in [5, 5.41) is 6.80. The Labute approximate surface area is 124 Å². The van der Waals surface area contributed by atoms with Crippen LogP contribution < -0.4 is 14.8 Å². The molecule has 6 nitrogen and oxygen atoms in total. The number of nitrogens with zero attached hydrogens (tertiary/aromatic N) is 2. The number of ether oxygens (including phenoxy) is 2. The van der Waals surface area contributed by atoms with E-state index in [1.54, 1.807) is 36.1 Å². The molecule has 20 heavy (non-hydrogen) atoms. The zero-order valence-electron chi connectivity index (χ0n) is 11.3. The van der Waals surface area contributed by atoms with E-state index in [4.69, 9.17) is 9.47 Å². The van der Waals surface area contributed by atoms with Gasteiger partial charge in [0.2, 0.25) is 0 Å². The average molecular weight is 340 g/mol. The second-order valence-electron chi connectivity index (χ2n) is 4.02. The normalized spacial score (nSPS) is 10.2. The Balaban J connectivity index is 2.35.